The summed E-state index contributed by atoms with van der Waals surface area (Å²) in [5.74, 6) is 0.497. The zero-order valence-electron chi connectivity index (χ0n) is 24.9. The first-order valence-electron chi connectivity index (χ1n) is 16.1. The smallest absolute Gasteiger partial charge is 0.323 e. The predicted octanol–water partition coefficient (Wildman–Crippen LogP) is 5.34. The van der Waals surface area contributed by atoms with Crippen molar-refractivity contribution >= 4 is 17.6 Å². The fourth-order valence-electron chi connectivity index (χ4n) is 6.86. The average Bonchev–Trinajstić information content (AvgIpc) is 3.55. The Morgan fingerprint density at radius 3 is 2.07 bits per heavy atom. The van der Waals surface area contributed by atoms with Gasteiger partial charge in [0.2, 0.25) is 0 Å². The summed E-state index contributed by atoms with van der Waals surface area (Å²) >= 11 is 0. The van der Waals surface area contributed by atoms with Gasteiger partial charge in [0.25, 0.3) is 5.91 Å². The Kier molecular flexibility index (Phi) is 11.3. The second-order valence-electron chi connectivity index (χ2n) is 12.5. The molecule has 1 aliphatic heterocycles. The molecule has 2 saturated carbocycles. The standard InChI is InChI=1S/C34H48N4O4/c39-33(37-41)29-14-16-30(17-15-29)38-20-18-27(19-21-38)23-35-22-25-10-12-26(13-11-25)24-36-32(28-6-2-1-3-7-28)34(40)42-31-8-4-5-9-31/h10-17,27-28,31-32,35-36,41H,1-9,18-24H2,(H,37,39). The molecule has 5 rings (SSSR count). The number of hydrogen-bond acceptors (Lipinski definition) is 7. The van der Waals surface area contributed by atoms with Crippen LogP contribution in [0.3, 0.4) is 0 Å². The molecule has 1 heterocycles. The van der Waals surface area contributed by atoms with Crippen molar-refractivity contribution in [1.82, 2.24) is 16.1 Å². The molecule has 1 atom stereocenters. The van der Waals surface area contributed by atoms with Crippen LogP contribution >= 0.6 is 0 Å². The molecule has 0 bridgehead atoms. The van der Waals surface area contributed by atoms with Gasteiger partial charge in [0.15, 0.2) is 0 Å². The molecule has 2 aliphatic carbocycles. The Morgan fingerprint density at radius 2 is 1.43 bits per heavy atom. The van der Waals surface area contributed by atoms with Crippen LogP contribution in [0.5, 0.6) is 0 Å². The van der Waals surface area contributed by atoms with Gasteiger partial charge in [0.1, 0.15) is 12.1 Å². The molecule has 4 N–H and O–H groups in total. The van der Waals surface area contributed by atoms with E-state index in [1.807, 2.05) is 12.1 Å². The third-order valence-corrected chi connectivity index (χ3v) is 9.48. The van der Waals surface area contributed by atoms with Crippen LogP contribution in [0.2, 0.25) is 0 Å². The van der Waals surface area contributed by atoms with E-state index in [4.69, 9.17) is 9.94 Å². The Labute approximate surface area is 250 Å². The zero-order valence-corrected chi connectivity index (χ0v) is 24.9. The van der Waals surface area contributed by atoms with Crippen LogP contribution in [0, 0.1) is 11.8 Å². The molecule has 42 heavy (non-hydrogen) atoms. The van der Waals surface area contributed by atoms with E-state index in [0.717, 1.165) is 70.4 Å². The van der Waals surface area contributed by atoms with Gasteiger partial charge < -0.3 is 20.3 Å². The fraction of sp³-hybridized carbons (Fsp3) is 0.588. The van der Waals surface area contributed by atoms with Crippen LogP contribution in [-0.2, 0) is 22.6 Å². The number of amides is 1. The summed E-state index contributed by atoms with van der Waals surface area (Å²) in [6, 6.07) is 15.9. The lowest BCUT2D eigenvalue weighted by Crippen LogP contribution is -2.45. The first-order chi connectivity index (χ1) is 20.6. The highest BCUT2D eigenvalue weighted by molar-refractivity contribution is 5.93. The number of nitrogens with zero attached hydrogens (tertiary/aromatic N) is 1. The van der Waals surface area contributed by atoms with Crippen LogP contribution in [-0.4, -0.2) is 48.9 Å². The van der Waals surface area contributed by atoms with Crippen LogP contribution in [0.1, 0.15) is 92.1 Å². The molecule has 0 spiro atoms. The Morgan fingerprint density at radius 1 is 0.810 bits per heavy atom. The lowest BCUT2D eigenvalue weighted by atomic mass is 9.83. The number of piperidine rings is 1. The lowest BCUT2D eigenvalue weighted by molar-refractivity contribution is -0.153. The van der Waals surface area contributed by atoms with E-state index in [1.54, 1.807) is 17.6 Å². The van der Waals surface area contributed by atoms with Gasteiger partial charge in [-0.3, -0.25) is 14.8 Å². The first-order valence-corrected chi connectivity index (χ1v) is 16.1. The lowest BCUT2D eigenvalue weighted by Gasteiger charge is -2.33. The van der Waals surface area contributed by atoms with Gasteiger partial charge >= 0.3 is 5.97 Å². The maximum Gasteiger partial charge on any atom is 0.323 e. The van der Waals surface area contributed by atoms with Crippen molar-refractivity contribution < 1.29 is 19.5 Å². The largest absolute Gasteiger partial charge is 0.461 e. The molecule has 1 saturated heterocycles. The number of esters is 1. The summed E-state index contributed by atoms with van der Waals surface area (Å²) in [5, 5.41) is 16.0. The quantitative estimate of drug-likeness (QED) is 0.154. The van der Waals surface area contributed by atoms with Crippen molar-refractivity contribution in [2.45, 2.75) is 95.9 Å². The molecule has 3 aliphatic rings. The normalized spacial score (nSPS) is 19.5. The van der Waals surface area contributed by atoms with E-state index in [0.29, 0.717) is 23.9 Å². The van der Waals surface area contributed by atoms with Gasteiger partial charge in [-0.25, -0.2) is 5.48 Å². The van der Waals surface area contributed by atoms with Crippen LogP contribution in [0.15, 0.2) is 48.5 Å². The summed E-state index contributed by atoms with van der Waals surface area (Å²) in [6.45, 7) is 4.52. The molecule has 228 valence electrons. The van der Waals surface area contributed by atoms with Gasteiger partial charge in [-0.2, -0.15) is 0 Å². The number of rotatable bonds is 12. The van der Waals surface area contributed by atoms with E-state index in [1.165, 1.54) is 43.2 Å². The average molecular weight is 577 g/mol. The number of carbonyl (C=O) groups excluding carboxylic acids is 2. The first kappa shape index (κ1) is 30.5. The van der Waals surface area contributed by atoms with Gasteiger partial charge in [-0.05, 0) is 105 Å². The van der Waals surface area contributed by atoms with Crippen molar-refractivity contribution in [2.24, 2.45) is 11.8 Å². The summed E-state index contributed by atoms with van der Waals surface area (Å²) in [7, 11) is 0. The number of carbonyl (C=O) groups is 2. The Hall–Kier alpha value is -2.94. The number of ether oxygens (including phenoxy) is 1. The third-order valence-electron chi connectivity index (χ3n) is 9.48. The summed E-state index contributed by atoms with van der Waals surface area (Å²) in [4.78, 5) is 27.0. The van der Waals surface area contributed by atoms with Gasteiger partial charge in [0.05, 0.1) is 0 Å². The number of benzene rings is 2. The number of hydrogen-bond donors (Lipinski definition) is 4. The summed E-state index contributed by atoms with van der Waals surface area (Å²) in [6.07, 6.45) is 12.7. The van der Waals surface area contributed by atoms with Crippen LogP contribution in [0.25, 0.3) is 0 Å². The Balaban J connectivity index is 1.03. The third kappa shape index (κ3) is 8.55. The number of anilines is 1. The maximum absolute atomic E-state index is 13.1. The highest BCUT2D eigenvalue weighted by Crippen LogP contribution is 2.29. The van der Waals surface area contributed by atoms with Crippen LogP contribution < -0.4 is 21.0 Å². The van der Waals surface area contributed by atoms with Crippen molar-refractivity contribution in [2.75, 3.05) is 24.5 Å². The molecule has 3 fully saturated rings. The molecular formula is C34H48N4O4. The van der Waals surface area contributed by atoms with E-state index < -0.39 is 5.91 Å². The minimum absolute atomic E-state index is 0.0366. The molecule has 0 radical (unpaired) electrons. The van der Waals surface area contributed by atoms with E-state index >= 15 is 0 Å². The van der Waals surface area contributed by atoms with Gasteiger partial charge in [-0.1, -0.05) is 43.5 Å². The molecular weight excluding hydrogens is 528 g/mol. The van der Waals surface area contributed by atoms with Crippen molar-refractivity contribution in [3.05, 3.63) is 65.2 Å². The van der Waals surface area contributed by atoms with Crippen LogP contribution in [0.4, 0.5) is 5.69 Å². The SMILES string of the molecule is O=C(NO)c1ccc(N2CCC(CNCc3ccc(CNC(C(=O)OC4CCCC4)C4CCCCC4)cc3)CC2)cc1. The number of hydroxylamine groups is 1. The fourth-order valence-corrected chi connectivity index (χ4v) is 6.86. The predicted molar refractivity (Wildman–Crippen MR) is 164 cm³/mol. The molecule has 2 aromatic carbocycles. The van der Waals surface area contributed by atoms with Crippen molar-refractivity contribution in [3.8, 4) is 0 Å². The highest BCUT2D eigenvalue weighted by Gasteiger charge is 2.32. The molecule has 2 aromatic rings. The van der Waals surface area contributed by atoms with Crippen molar-refractivity contribution in [3.63, 3.8) is 0 Å². The summed E-state index contributed by atoms with van der Waals surface area (Å²) in [5.41, 5.74) is 5.71. The topological polar surface area (TPSA) is 103 Å². The van der Waals surface area contributed by atoms with E-state index in [2.05, 4.69) is 39.8 Å². The molecule has 8 heteroatoms. The molecule has 1 amide bonds. The Bertz CT molecular complexity index is 1120. The second-order valence-corrected chi connectivity index (χ2v) is 12.5. The maximum atomic E-state index is 13.1. The molecule has 1 unspecified atom stereocenters. The van der Waals surface area contributed by atoms with E-state index in [-0.39, 0.29) is 18.1 Å². The van der Waals surface area contributed by atoms with Crippen molar-refractivity contribution in [1.29, 1.82) is 0 Å². The minimum Gasteiger partial charge on any atom is -0.461 e. The highest BCUT2D eigenvalue weighted by atomic mass is 16.5. The minimum atomic E-state index is -0.489. The van der Waals surface area contributed by atoms with E-state index in [9.17, 15) is 9.59 Å². The monoisotopic (exact) mass is 576 g/mol. The van der Waals surface area contributed by atoms with Gasteiger partial charge in [0, 0.05) is 37.4 Å². The van der Waals surface area contributed by atoms with Gasteiger partial charge in [-0.15, -0.1) is 0 Å². The second kappa shape index (κ2) is 15.5. The molecule has 0 aromatic heterocycles. The molecule has 8 nitrogen and oxygen atoms in total. The summed E-state index contributed by atoms with van der Waals surface area (Å²) < 4.78 is 5.94. The zero-order chi connectivity index (χ0) is 29.1. The number of nitrogens with one attached hydrogen (secondary N) is 3.